The molecular weight excluding hydrogens is 509 g/mol. The molecule has 1 aromatic rings. The third-order valence-corrected chi connectivity index (χ3v) is 5.99. The zero-order chi connectivity index (χ0) is 19.5. The number of rotatable bonds is 9. The Bertz CT molecular complexity index is 586. The highest BCUT2D eigenvalue weighted by Crippen LogP contribution is 2.27. The number of ether oxygens (including phenoxy) is 2. The number of hydrogen-bond donors (Lipinski definition) is 1. The Hall–Kier alpha value is -0.220. The fraction of sp³-hybridized carbons (Fsp3) is 0.650. The molecule has 160 valence electrons. The molecule has 1 aromatic carbocycles. The molecule has 1 fully saturated rings. The third kappa shape index (κ3) is 8.65. The van der Waals surface area contributed by atoms with Crippen molar-refractivity contribution in [1.82, 2.24) is 10.2 Å². The standard InChI is InChI=1S/C20H32ClN3O2S.HI/c1-22-20(23-15-19(27-3)16-6-4-7-17(21)14-16)24-10-8-18(9-11-24)26-13-5-12-25-2;/h4,6-7,14,18-19H,5,8-13,15H2,1-3H3,(H,22,23);1H. The van der Waals surface area contributed by atoms with Crippen molar-refractivity contribution < 1.29 is 9.47 Å². The molecular formula is C20H33ClIN3O2S. The molecule has 1 N–H and O–H groups in total. The number of aliphatic imine (C=N–C) groups is 1. The van der Waals surface area contributed by atoms with Gasteiger partial charge in [-0.25, -0.2) is 0 Å². The van der Waals surface area contributed by atoms with Crippen molar-refractivity contribution in [2.75, 3.05) is 53.3 Å². The molecule has 1 saturated heterocycles. The van der Waals surface area contributed by atoms with Gasteiger partial charge in [0, 0.05) is 57.3 Å². The second-order valence-corrected chi connectivity index (χ2v) is 8.09. The van der Waals surface area contributed by atoms with Gasteiger partial charge in [-0.3, -0.25) is 4.99 Å². The monoisotopic (exact) mass is 541 g/mol. The molecule has 0 spiro atoms. The Labute approximate surface area is 196 Å². The van der Waals surface area contributed by atoms with Crippen molar-refractivity contribution in [2.24, 2.45) is 4.99 Å². The summed E-state index contributed by atoms with van der Waals surface area (Å²) in [5, 5.41) is 4.65. The quantitative estimate of drug-likeness (QED) is 0.217. The van der Waals surface area contributed by atoms with Crippen molar-refractivity contribution in [3.8, 4) is 0 Å². The molecule has 1 aliphatic rings. The number of thioether (sulfide) groups is 1. The summed E-state index contributed by atoms with van der Waals surface area (Å²) >= 11 is 7.96. The normalized spacial score (nSPS) is 16.6. The van der Waals surface area contributed by atoms with Gasteiger partial charge in [-0.2, -0.15) is 11.8 Å². The maximum atomic E-state index is 6.14. The summed E-state index contributed by atoms with van der Waals surface area (Å²) < 4.78 is 11.0. The van der Waals surface area contributed by atoms with Gasteiger partial charge in [0.25, 0.3) is 0 Å². The molecule has 1 unspecified atom stereocenters. The first-order valence-electron chi connectivity index (χ1n) is 9.52. The second kappa shape index (κ2) is 14.7. The molecule has 1 aliphatic heterocycles. The van der Waals surface area contributed by atoms with E-state index in [1.807, 2.05) is 37.0 Å². The number of hydrogen-bond acceptors (Lipinski definition) is 4. The van der Waals surface area contributed by atoms with Crippen molar-refractivity contribution in [1.29, 1.82) is 0 Å². The predicted octanol–water partition coefficient (Wildman–Crippen LogP) is 4.46. The van der Waals surface area contributed by atoms with Gasteiger partial charge in [0.15, 0.2) is 5.96 Å². The molecule has 0 amide bonds. The van der Waals surface area contributed by atoms with E-state index in [1.54, 1.807) is 7.11 Å². The van der Waals surface area contributed by atoms with E-state index in [0.717, 1.165) is 63.1 Å². The van der Waals surface area contributed by atoms with E-state index < -0.39 is 0 Å². The van der Waals surface area contributed by atoms with E-state index in [0.29, 0.717) is 11.4 Å². The van der Waals surface area contributed by atoms with Crippen molar-refractivity contribution in [3.63, 3.8) is 0 Å². The summed E-state index contributed by atoms with van der Waals surface area (Å²) in [6.07, 6.45) is 5.51. The van der Waals surface area contributed by atoms with Gasteiger partial charge in [-0.1, -0.05) is 23.7 Å². The molecule has 0 saturated carbocycles. The van der Waals surface area contributed by atoms with Crippen molar-refractivity contribution >= 4 is 53.3 Å². The average Bonchev–Trinajstić information content (AvgIpc) is 2.69. The lowest BCUT2D eigenvalue weighted by molar-refractivity contribution is 0.00991. The second-order valence-electron chi connectivity index (χ2n) is 6.61. The van der Waals surface area contributed by atoms with Crippen molar-refractivity contribution in [3.05, 3.63) is 34.9 Å². The molecule has 0 aliphatic carbocycles. The van der Waals surface area contributed by atoms with Gasteiger partial charge >= 0.3 is 0 Å². The fourth-order valence-electron chi connectivity index (χ4n) is 3.25. The number of nitrogens with zero attached hydrogens (tertiary/aromatic N) is 2. The van der Waals surface area contributed by atoms with Gasteiger partial charge in [0.2, 0.25) is 0 Å². The zero-order valence-electron chi connectivity index (χ0n) is 17.0. The molecule has 5 nitrogen and oxygen atoms in total. The van der Waals surface area contributed by atoms with Crippen LogP contribution in [0.5, 0.6) is 0 Å². The molecule has 0 bridgehead atoms. The highest BCUT2D eigenvalue weighted by molar-refractivity contribution is 14.0. The van der Waals surface area contributed by atoms with Crippen LogP contribution in [0.15, 0.2) is 29.3 Å². The van der Waals surface area contributed by atoms with E-state index in [-0.39, 0.29) is 24.0 Å². The SMILES string of the molecule is CN=C(NCC(SC)c1cccc(Cl)c1)N1CCC(OCCCOC)CC1.I. The van der Waals surface area contributed by atoms with Gasteiger partial charge in [0.1, 0.15) is 0 Å². The minimum absolute atomic E-state index is 0. The van der Waals surface area contributed by atoms with Crippen LogP contribution in [0.1, 0.15) is 30.1 Å². The Balaban J connectivity index is 0.00000392. The lowest BCUT2D eigenvalue weighted by Crippen LogP contribution is -2.47. The van der Waals surface area contributed by atoms with E-state index in [9.17, 15) is 0 Å². The Morgan fingerprint density at radius 3 is 2.71 bits per heavy atom. The lowest BCUT2D eigenvalue weighted by atomic mass is 10.1. The minimum atomic E-state index is 0. The maximum Gasteiger partial charge on any atom is 0.193 e. The molecule has 1 heterocycles. The molecule has 2 rings (SSSR count). The highest BCUT2D eigenvalue weighted by atomic mass is 127. The Kier molecular flexibility index (Phi) is 13.6. The van der Waals surface area contributed by atoms with Crippen LogP contribution in [-0.4, -0.2) is 70.2 Å². The summed E-state index contributed by atoms with van der Waals surface area (Å²) in [6.45, 7) is 4.30. The molecule has 0 aromatic heterocycles. The topological polar surface area (TPSA) is 46.1 Å². The number of halogens is 2. The number of methoxy groups -OCH3 is 1. The first kappa shape index (κ1) is 25.8. The van der Waals surface area contributed by atoms with Gasteiger partial charge in [0.05, 0.1) is 6.10 Å². The lowest BCUT2D eigenvalue weighted by Gasteiger charge is -2.34. The Morgan fingerprint density at radius 2 is 2.11 bits per heavy atom. The first-order valence-corrected chi connectivity index (χ1v) is 11.2. The van der Waals surface area contributed by atoms with E-state index in [4.69, 9.17) is 21.1 Å². The minimum Gasteiger partial charge on any atom is -0.385 e. The summed E-state index contributed by atoms with van der Waals surface area (Å²) in [6, 6.07) is 8.09. The van der Waals surface area contributed by atoms with Crippen molar-refractivity contribution in [2.45, 2.75) is 30.6 Å². The van der Waals surface area contributed by atoms with Crippen LogP contribution >= 0.6 is 47.3 Å². The molecule has 0 radical (unpaired) electrons. The zero-order valence-corrected chi connectivity index (χ0v) is 20.9. The van der Waals surface area contributed by atoms with E-state index >= 15 is 0 Å². The largest absolute Gasteiger partial charge is 0.385 e. The van der Waals surface area contributed by atoms with Gasteiger partial charge in [-0.15, -0.1) is 24.0 Å². The average molecular weight is 542 g/mol. The fourth-order valence-corrected chi connectivity index (χ4v) is 4.12. The number of guanidine groups is 1. The van der Waals surface area contributed by atoms with Crippen LogP contribution < -0.4 is 5.32 Å². The smallest absolute Gasteiger partial charge is 0.193 e. The summed E-state index contributed by atoms with van der Waals surface area (Å²) in [5.74, 6) is 0.967. The third-order valence-electron chi connectivity index (χ3n) is 4.75. The predicted molar refractivity (Wildman–Crippen MR) is 132 cm³/mol. The van der Waals surface area contributed by atoms with Crippen LogP contribution in [-0.2, 0) is 9.47 Å². The van der Waals surface area contributed by atoms with Crippen LogP contribution in [0.25, 0.3) is 0 Å². The number of benzene rings is 1. The molecule has 8 heteroatoms. The van der Waals surface area contributed by atoms with Crippen LogP contribution in [0.2, 0.25) is 5.02 Å². The number of likely N-dealkylation sites (tertiary alicyclic amines) is 1. The first-order chi connectivity index (χ1) is 13.2. The summed E-state index contributed by atoms with van der Waals surface area (Å²) in [7, 11) is 3.58. The van der Waals surface area contributed by atoms with Crippen LogP contribution in [0.3, 0.4) is 0 Å². The molecule has 1 atom stereocenters. The summed E-state index contributed by atoms with van der Waals surface area (Å²) in [5.41, 5.74) is 1.24. The van der Waals surface area contributed by atoms with E-state index in [1.165, 1.54) is 5.56 Å². The van der Waals surface area contributed by atoms with Gasteiger partial charge < -0.3 is 19.7 Å². The molecule has 28 heavy (non-hydrogen) atoms. The van der Waals surface area contributed by atoms with E-state index in [2.05, 4.69) is 27.5 Å². The highest BCUT2D eigenvalue weighted by Gasteiger charge is 2.22. The van der Waals surface area contributed by atoms with Crippen LogP contribution in [0.4, 0.5) is 0 Å². The Morgan fingerprint density at radius 1 is 1.36 bits per heavy atom. The van der Waals surface area contributed by atoms with Gasteiger partial charge in [-0.05, 0) is 43.2 Å². The van der Waals surface area contributed by atoms with Crippen LogP contribution in [0, 0.1) is 0 Å². The maximum absolute atomic E-state index is 6.14. The summed E-state index contributed by atoms with van der Waals surface area (Å²) in [4.78, 5) is 6.80. The number of piperidine rings is 1. The number of nitrogens with one attached hydrogen (secondary N) is 1.